The molecule has 0 aliphatic heterocycles. The summed E-state index contributed by atoms with van der Waals surface area (Å²) in [4.78, 5) is 26.8. The number of amides is 2. The van der Waals surface area contributed by atoms with Gasteiger partial charge in [-0.1, -0.05) is 23.7 Å². The molecular weight excluding hydrogens is 323 g/mol. The van der Waals surface area contributed by atoms with Crippen LogP contribution in [0.3, 0.4) is 0 Å². The van der Waals surface area contributed by atoms with Crippen molar-refractivity contribution in [1.82, 2.24) is 10.3 Å². The van der Waals surface area contributed by atoms with E-state index in [4.69, 9.17) is 17.3 Å². The quantitative estimate of drug-likeness (QED) is 0.701. The van der Waals surface area contributed by atoms with Crippen molar-refractivity contribution in [3.8, 4) is 0 Å². The van der Waals surface area contributed by atoms with Gasteiger partial charge in [0.05, 0.1) is 16.1 Å². The van der Waals surface area contributed by atoms with Crippen molar-refractivity contribution in [3.63, 3.8) is 0 Å². The van der Waals surface area contributed by atoms with Crippen molar-refractivity contribution in [2.75, 3.05) is 18.4 Å². The summed E-state index contributed by atoms with van der Waals surface area (Å²) in [7, 11) is 0. The molecule has 0 saturated carbocycles. The topological polar surface area (TPSA) is 97.1 Å². The molecule has 1 heterocycles. The third-order valence-electron chi connectivity index (χ3n) is 2.95. The summed E-state index contributed by atoms with van der Waals surface area (Å²) < 4.78 is 13.4. The molecule has 0 fully saturated rings. The molecule has 0 atom stereocenters. The Labute approximate surface area is 136 Å². The normalized spacial score (nSPS) is 10.2. The van der Waals surface area contributed by atoms with E-state index in [1.807, 2.05) is 0 Å². The molecule has 0 unspecified atom stereocenters. The highest BCUT2D eigenvalue weighted by Crippen LogP contribution is 2.19. The second-order valence-electron chi connectivity index (χ2n) is 4.58. The summed E-state index contributed by atoms with van der Waals surface area (Å²) in [5, 5.41) is 5.71. The fourth-order valence-electron chi connectivity index (χ4n) is 1.80. The highest BCUT2D eigenvalue weighted by atomic mass is 35.5. The molecule has 120 valence electrons. The number of aromatic nitrogens is 1. The zero-order chi connectivity index (χ0) is 16.8. The van der Waals surface area contributed by atoms with Gasteiger partial charge in [0.2, 0.25) is 5.91 Å². The summed E-state index contributed by atoms with van der Waals surface area (Å²) in [6.45, 7) is 0.561. The van der Waals surface area contributed by atoms with Gasteiger partial charge in [-0.15, -0.1) is 0 Å². The number of carbonyl (C=O) groups is 2. The molecule has 2 amide bonds. The Kier molecular flexibility index (Phi) is 5.48. The minimum Gasteiger partial charge on any atom is -0.367 e. The predicted octanol–water partition coefficient (Wildman–Crippen LogP) is 1.81. The molecule has 23 heavy (non-hydrogen) atoms. The predicted molar refractivity (Wildman–Crippen MR) is 85.0 cm³/mol. The van der Waals surface area contributed by atoms with Crippen LogP contribution in [0.5, 0.6) is 0 Å². The number of halogens is 2. The number of benzene rings is 1. The van der Waals surface area contributed by atoms with Crippen molar-refractivity contribution in [3.05, 3.63) is 58.5 Å². The van der Waals surface area contributed by atoms with Crippen LogP contribution in [0, 0.1) is 5.82 Å². The Morgan fingerprint density at radius 1 is 1.26 bits per heavy atom. The molecule has 0 radical (unpaired) electrons. The maximum absolute atomic E-state index is 13.4. The highest BCUT2D eigenvalue weighted by Gasteiger charge is 2.10. The van der Waals surface area contributed by atoms with Crippen molar-refractivity contribution in [2.24, 2.45) is 5.73 Å². The van der Waals surface area contributed by atoms with Gasteiger partial charge in [-0.2, -0.15) is 0 Å². The van der Waals surface area contributed by atoms with Gasteiger partial charge >= 0.3 is 0 Å². The van der Waals surface area contributed by atoms with Crippen LogP contribution in [0.4, 0.5) is 10.2 Å². The van der Waals surface area contributed by atoms with Gasteiger partial charge in [0, 0.05) is 19.3 Å². The third-order valence-corrected chi connectivity index (χ3v) is 3.24. The van der Waals surface area contributed by atoms with Gasteiger partial charge in [0.1, 0.15) is 11.6 Å². The maximum Gasteiger partial charge on any atom is 0.254 e. The molecule has 8 heteroatoms. The second-order valence-corrected chi connectivity index (χ2v) is 4.99. The number of pyridine rings is 1. The fourth-order valence-corrected chi connectivity index (χ4v) is 2.03. The van der Waals surface area contributed by atoms with E-state index in [0.717, 1.165) is 0 Å². The van der Waals surface area contributed by atoms with Gasteiger partial charge in [-0.3, -0.25) is 9.59 Å². The number of nitrogens with one attached hydrogen (secondary N) is 2. The monoisotopic (exact) mass is 336 g/mol. The molecule has 1 aromatic heterocycles. The summed E-state index contributed by atoms with van der Waals surface area (Å²) in [6, 6.07) is 7.12. The number of primary amides is 1. The fraction of sp³-hybridized carbons (Fsp3) is 0.133. The summed E-state index contributed by atoms with van der Waals surface area (Å²) in [6.07, 6.45) is 1.30. The first-order valence-corrected chi connectivity index (χ1v) is 7.09. The van der Waals surface area contributed by atoms with Crippen LogP contribution in [0.25, 0.3) is 0 Å². The Bertz CT molecular complexity index is 739. The van der Waals surface area contributed by atoms with Crippen LogP contribution in [0.15, 0.2) is 36.5 Å². The van der Waals surface area contributed by atoms with Gasteiger partial charge < -0.3 is 16.4 Å². The van der Waals surface area contributed by atoms with Crippen molar-refractivity contribution < 1.29 is 14.0 Å². The van der Waals surface area contributed by atoms with Crippen molar-refractivity contribution in [2.45, 2.75) is 0 Å². The number of carbonyl (C=O) groups excluding carboxylic acids is 2. The summed E-state index contributed by atoms with van der Waals surface area (Å²) >= 11 is 5.96. The standard InChI is InChI=1S/C15H14ClFN4O2/c16-11-7-9(13(18)22)8-21-14(11)19-5-6-20-15(23)10-3-1-2-4-12(10)17/h1-4,7-8H,5-6H2,(H2,18,22)(H,19,21)(H,20,23). The van der Waals surface area contributed by atoms with Crippen LogP contribution in [0.2, 0.25) is 5.02 Å². The lowest BCUT2D eigenvalue weighted by Gasteiger charge is -2.09. The average Bonchev–Trinajstić information content (AvgIpc) is 2.52. The third kappa shape index (κ3) is 4.40. The second kappa shape index (κ2) is 7.55. The van der Waals surface area contributed by atoms with Crippen LogP contribution in [-0.2, 0) is 0 Å². The minimum absolute atomic E-state index is 0.0190. The Morgan fingerprint density at radius 2 is 2.00 bits per heavy atom. The Hall–Kier alpha value is -2.67. The van der Waals surface area contributed by atoms with E-state index in [1.54, 1.807) is 6.07 Å². The zero-order valence-corrected chi connectivity index (χ0v) is 12.7. The largest absolute Gasteiger partial charge is 0.367 e. The number of hydrogen-bond donors (Lipinski definition) is 3. The van der Waals surface area contributed by atoms with Crippen molar-refractivity contribution in [1.29, 1.82) is 0 Å². The SMILES string of the molecule is NC(=O)c1cnc(NCCNC(=O)c2ccccc2F)c(Cl)c1. The van der Waals surface area contributed by atoms with Gasteiger partial charge in [0.25, 0.3) is 5.91 Å². The van der Waals surface area contributed by atoms with Crippen LogP contribution >= 0.6 is 11.6 Å². The van der Waals surface area contributed by atoms with Crippen LogP contribution in [0.1, 0.15) is 20.7 Å². The van der Waals surface area contributed by atoms with Crippen LogP contribution in [-0.4, -0.2) is 29.9 Å². The van der Waals surface area contributed by atoms with E-state index in [0.29, 0.717) is 12.4 Å². The maximum atomic E-state index is 13.4. The summed E-state index contributed by atoms with van der Waals surface area (Å²) in [5.74, 6) is -1.35. The molecule has 0 aliphatic rings. The molecule has 0 spiro atoms. The van der Waals surface area contributed by atoms with E-state index < -0.39 is 17.6 Å². The van der Waals surface area contributed by atoms with Crippen LogP contribution < -0.4 is 16.4 Å². The van der Waals surface area contributed by atoms with E-state index >= 15 is 0 Å². The first-order chi connectivity index (χ1) is 11.0. The Balaban J connectivity index is 1.85. The van der Waals surface area contributed by atoms with Crippen molar-refractivity contribution >= 4 is 29.2 Å². The number of rotatable bonds is 6. The molecule has 1 aromatic carbocycles. The first-order valence-electron chi connectivity index (χ1n) is 6.71. The van der Waals surface area contributed by atoms with E-state index in [-0.39, 0.29) is 22.7 Å². The number of anilines is 1. The molecule has 0 aliphatic carbocycles. The lowest BCUT2D eigenvalue weighted by atomic mass is 10.2. The summed E-state index contributed by atoms with van der Waals surface area (Å²) in [5.41, 5.74) is 5.30. The van der Waals surface area contributed by atoms with E-state index in [9.17, 15) is 14.0 Å². The molecule has 6 nitrogen and oxygen atoms in total. The number of nitrogens with zero attached hydrogens (tertiary/aromatic N) is 1. The first kappa shape index (κ1) is 16.7. The molecular formula is C15H14ClFN4O2. The molecule has 2 rings (SSSR count). The lowest BCUT2D eigenvalue weighted by molar-refractivity contribution is 0.0949. The van der Waals surface area contributed by atoms with Gasteiger partial charge in [-0.25, -0.2) is 9.37 Å². The lowest BCUT2D eigenvalue weighted by Crippen LogP contribution is -2.29. The molecule has 0 bridgehead atoms. The van der Waals surface area contributed by atoms with Gasteiger partial charge in [0.15, 0.2) is 0 Å². The van der Waals surface area contributed by atoms with E-state index in [2.05, 4.69) is 15.6 Å². The Morgan fingerprint density at radius 3 is 2.65 bits per heavy atom. The molecule has 0 saturated heterocycles. The smallest absolute Gasteiger partial charge is 0.254 e. The van der Waals surface area contributed by atoms with Gasteiger partial charge in [-0.05, 0) is 18.2 Å². The molecule has 4 N–H and O–H groups in total. The minimum atomic E-state index is -0.622. The average molecular weight is 337 g/mol. The highest BCUT2D eigenvalue weighted by molar-refractivity contribution is 6.33. The zero-order valence-electron chi connectivity index (χ0n) is 12.0. The number of nitrogens with two attached hydrogens (primary N) is 1. The number of hydrogen-bond acceptors (Lipinski definition) is 4. The molecule has 2 aromatic rings. The van der Waals surface area contributed by atoms with E-state index in [1.165, 1.54) is 30.5 Å².